The molecule has 0 spiro atoms. The van der Waals surface area contributed by atoms with Gasteiger partial charge in [-0.3, -0.25) is 4.79 Å². The number of likely N-dealkylation sites (N-methyl/N-ethyl adjacent to an activating group) is 1. The summed E-state index contributed by atoms with van der Waals surface area (Å²) in [5.74, 6) is -0.367. The number of carboxylic acid groups (broad SMARTS) is 1. The van der Waals surface area contributed by atoms with Crippen LogP contribution in [-0.2, 0) is 4.79 Å². The number of carboxylic acids is 1. The number of nitrogens with zero attached hydrogens (tertiary/aromatic N) is 1. The van der Waals surface area contributed by atoms with Crippen LogP contribution in [0.3, 0.4) is 0 Å². The molecule has 0 fully saturated rings. The van der Waals surface area contributed by atoms with Gasteiger partial charge in [0, 0.05) is 12.6 Å². The number of rotatable bonds is 9. The van der Waals surface area contributed by atoms with Gasteiger partial charge in [0.05, 0.1) is 13.2 Å². The van der Waals surface area contributed by atoms with Crippen LogP contribution in [0.5, 0.6) is 11.5 Å². The van der Waals surface area contributed by atoms with Crippen LogP contribution < -0.4 is 9.47 Å². The van der Waals surface area contributed by atoms with Gasteiger partial charge >= 0.3 is 5.97 Å². The van der Waals surface area contributed by atoms with Crippen molar-refractivity contribution < 1.29 is 24.2 Å². The molecule has 0 heterocycles. The van der Waals surface area contributed by atoms with E-state index in [1.165, 1.54) is 25.8 Å². The summed E-state index contributed by atoms with van der Waals surface area (Å²) in [5.41, 5.74) is -0.944. The van der Waals surface area contributed by atoms with E-state index in [0.29, 0.717) is 30.3 Å². The molecule has 0 saturated heterocycles. The zero-order valence-corrected chi connectivity index (χ0v) is 15.1. The summed E-state index contributed by atoms with van der Waals surface area (Å²) in [5, 5.41) is 9.28. The largest absolute Gasteiger partial charge is 0.490 e. The maximum Gasteiger partial charge on any atom is 0.329 e. The van der Waals surface area contributed by atoms with Crippen LogP contribution in [0.4, 0.5) is 0 Å². The second kappa shape index (κ2) is 8.57. The van der Waals surface area contributed by atoms with Crippen LogP contribution in [0.1, 0.15) is 50.9 Å². The van der Waals surface area contributed by atoms with Gasteiger partial charge in [-0.1, -0.05) is 13.8 Å². The lowest BCUT2D eigenvalue weighted by Gasteiger charge is -2.31. The lowest BCUT2D eigenvalue weighted by atomic mass is 10.0. The van der Waals surface area contributed by atoms with E-state index in [2.05, 4.69) is 0 Å². The Hall–Kier alpha value is -2.24. The van der Waals surface area contributed by atoms with Gasteiger partial charge in [0.2, 0.25) is 0 Å². The highest BCUT2D eigenvalue weighted by Gasteiger charge is 2.35. The minimum Gasteiger partial charge on any atom is -0.490 e. The smallest absolute Gasteiger partial charge is 0.329 e. The van der Waals surface area contributed by atoms with Crippen molar-refractivity contribution in [2.45, 2.75) is 46.1 Å². The van der Waals surface area contributed by atoms with E-state index in [9.17, 15) is 14.7 Å². The Morgan fingerprint density at radius 1 is 1.08 bits per heavy atom. The van der Waals surface area contributed by atoms with Gasteiger partial charge in [0.15, 0.2) is 11.5 Å². The summed E-state index contributed by atoms with van der Waals surface area (Å²) < 4.78 is 11.3. The van der Waals surface area contributed by atoms with E-state index < -0.39 is 11.5 Å². The van der Waals surface area contributed by atoms with E-state index in [0.717, 1.165) is 12.8 Å². The minimum absolute atomic E-state index is 0.363. The van der Waals surface area contributed by atoms with Crippen molar-refractivity contribution >= 4 is 11.9 Å². The van der Waals surface area contributed by atoms with Gasteiger partial charge in [-0.25, -0.2) is 4.79 Å². The quantitative estimate of drug-likeness (QED) is 0.749. The fourth-order valence-corrected chi connectivity index (χ4v) is 1.89. The Morgan fingerprint density at radius 3 is 2.12 bits per heavy atom. The molecule has 0 atom stereocenters. The van der Waals surface area contributed by atoms with Crippen molar-refractivity contribution in [3.63, 3.8) is 0 Å². The van der Waals surface area contributed by atoms with Crippen molar-refractivity contribution in [3.05, 3.63) is 23.8 Å². The number of benzene rings is 1. The summed E-state index contributed by atoms with van der Waals surface area (Å²) in [6, 6.07) is 4.92. The highest BCUT2D eigenvalue weighted by Crippen LogP contribution is 2.30. The van der Waals surface area contributed by atoms with E-state index in [4.69, 9.17) is 9.47 Å². The molecule has 0 aliphatic heterocycles. The summed E-state index contributed by atoms with van der Waals surface area (Å²) in [7, 11) is 1.48. The fraction of sp³-hybridized carbons (Fsp3) is 0.556. The highest BCUT2D eigenvalue weighted by molar-refractivity contribution is 5.98. The summed E-state index contributed by atoms with van der Waals surface area (Å²) in [6.07, 6.45) is 1.70. The molecule has 0 aliphatic carbocycles. The molecule has 1 N–H and O–H groups in total. The Kier molecular flexibility index (Phi) is 7.07. The van der Waals surface area contributed by atoms with Gasteiger partial charge in [-0.2, -0.15) is 0 Å². The van der Waals surface area contributed by atoms with Crippen LogP contribution in [0.25, 0.3) is 0 Å². The zero-order chi connectivity index (χ0) is 18.3. The van der Waals surface area contributed by atoms with Crippen LogP contribution >= 0.6 is 0 Å². The first kappa shape index (κ1) is 19.8. The molecule has 6 heteroatoms. The summed E-state index contributed by atoms with van der Waals surface area (Å²) >= 11 is 0. The minimum atomic E-state index is -1.31. The van der Waals surface area contributed by atoms with Crippen LogP contribution in [0.2, 0.25) is 0 Å². The molecule has 0 aromatic heterocycles. The van der Waals surface area contributed by atoms with Crippen LogP contribution in [-0.4, -0.2) is 47.7 Å². The third-order valence-electron chi connectivity index (χ3n) is 3.78. The number of carbonyl (C=O) groups excluding carboxylic acids is 1. The predicted octanol–water partition coefficient (Wildman–Crippen LogP) is 3.20. The van der Waals surface area contributed by atoms with E-state index >= 15 is 0 Å². The van der Waals surface area contributed by atoms with Crippen molar-refractivity contribution in [2.75, 3.05) is 20.3 Å². The molecular weight excluding hydrogens is 310 g/mol. The molecule has 1 rings (SSSR count). The molecule has 6 nitrogen and oxygen atoms in total. The molecular formula is C18H27NO5. The zero-order valence-electron chi connectivity index (χ0n) is 15.1. The summed E-state index contributed by atoms with van der Waals surface area (Å²) in [6.45, 7) is 8.04. The molecule has 1 aromatic rings. The average molecular weight is 337 g/mol. The molecule has 24 heavy (non-hydrogen) atoms. The first-order chi connectivity index (χ1) is 11.3. The van der Waals surface area contributed by atoms with Crippen molar-refractivity contribution in [3.8, 4) is 11.5 Å². The highest BCUT2D eigenvalue weighted by atomic mass is 16.5. The standard InChI is InChI=1S/C18H27NO5/c1-6-10-23-14-9-8-13(12-15(14)24-11-7-2)16(20)19(5)18(3,4)17(21)22/h8-9,12H,6-7,10-11H2,1-5H3,(H,21,22). The second-order valence-corrected chi connectivity index (χ2v) is 6.09. The topological polar surface area (TPSA) is 76.1 Å². The van der Waals surface area contributed by atoms with Crippen molar-refractivity contribution in [1.29, 1.82) is 0 Å². The fourth-order valence-electron chi connectivity index (χ4n) is 1.89. The van der Waals surface area contributed by atoms with Crippen molar-refractivity contribution in [1.82, 2.24) is 4.90 Å². The maximum absolute atomic E-state index is 12.6. The maximum atomic E-state index is 12.6. The molecule has 0 bridgehead atoms. The number of carbonyl (C=O) groups is 2. The average Bonchev–Trinajstić information content (AvgIpc) is 2.56. The number of amides is 1. The van der Waals surface area contributed by atoms with Gasteiger partial charge in [-0.05, 0) is 44.9 Å². The van der Waals surface area contributed by atoms with E-state index in [1.54, 1.807) is 18.2 Å². The number of aliphatic carboxylic acids is 1. The number of hydrogen-bond donors (Lipinski definition) is 1. The van der Waals surface area contributed by atoms with Crippen LogP contribution in [0.15, 0.2) is 18.2 Å². The monoisotopic (exact) mass is 337 g/mol. The Morgan fingerprint density at radius 2 is 1.62 bits per heavy atom. The van der Waals surface area contributed by atoms with Gasteiger partial charge in [0.1, 0.15) is 5.54 Å². The molecule has 0 radical (unpaired) electrons. The van der Waals surface area contributed by atoms with Gasteiger partial charge < -0.3 is 19.5 Å². The normalized spacial score (nSPS) is 11.0. The number of ether oxygens (including phenoxy) is 2. The molecule has 0 aliphatic rings. The predicted molar refractivity (Wildman–Crippen MR) is 91.8 cm³/mol. The Bertz CT molecular complexity index is 583. The van der Waals surface area contributed by atoms with Gasteiger partial charge in [-0.15, -0.1) is 0 Å². The molecule has 0 saturated carbocycles. The Balaban J connectivity index is 3.10. The number of hydrogen-bond acceptors (Lipinski definition) is 4. The third-order valence-corrected chi connectivity index (χ3v) is 3.78. The van der Waals surface area contributed by atoms with E-state index in [-0.39, 0.29) is 5.91 Å². The molecule has 1 aromatic carbocycles. The molecule has 1 amide bonds. The third kappa shape index (κ3) is 4.63. The second-order valence-electron chi connectivity index (χ2n) is 6.09. The lowest BCUT2D eigenvalue weighted by Crippen LogP contribution is -2.50. The lowest BCUT2D eigenvalue weighted by molar-refractivity contribution is -0.147. The molecule has 0 unspecified atom stereocenters. The molecule has 134 valence electrons. The first-order valence-corrected chi connectivity index (χ1v) is 8.16. The van der Waals surface area contributed by atoms with Gasteiger partial charge in [0.25, 0.3) is 5.91 Å². The summed E-state index contributed by atoms with van der Waals surface area (Å²) in [4.78, 5) is 25.2. The van der Waals surface area contributed by atoms with Crippen molar-refractivity contribution in [2.24, 2.45) is 0 Å². The first-order valence-electron chi connectivity index (χ1n) is 8.16. The Labute approximate surface area is 143 Å². The SMILES string of the molecule is CCCOc1ccc(C(=O)N(C)C(C)(C)C(=O)O)cc1OCCC. The van der Waals surface area contributed by atoms with Crippen LogP contribution in [0, 0.1) is 0 Å². The van der Waals surface area contributed by atoms with E-state index in [1.807, 2.05) is 13.8 Å².